The van der Waals surface area contributed by atoms with Gasteiger partial charge in [-0.2, -0.15) is 0 Å². The van der Waals surface area contributed by atoms with Crippen LogP contribution in [0.2, 0.25) is 0 Å². The number of aromatic nitrogens is 3. The Kier molecular flexibility index (Phi) is 3.51. The first kappa shape index (κ1) is 12.8. The molecule has 1 aromatic rings. The minimum atomic E-state index is -0.396. The van der Waals surface area contributed by atoms with E-state index in [-0.39, 0.29) is 5.56 Å². The Morgan fingerprint density at radius 3 is 2.56 bits per heavy atom. The number of nitrogens with one attached hydrogen (secondary N) is 1. The Bertz CT molecular complexity index is 543. The van der Waals surface area contributed by atoms with Gasteiger partial charge in [0.1, 0.15) is 0 Å². The van der Waals surface area contributed by atoms with Crippen LogP contribution in [0.4, 0.5) is 5.82 Å². The predicted octanol–water partition coefficient (Wildman–Crippen LogP) is -1.33. The van der Waals surface area contributed by atoms with Gasteiger partial charge in [0, 0.05) is 33.7 Å². The number of hydrogen-bond donors (Lipinski definition) is 1. The molecule has 0 amide bonds. The van der Waals surface area contributed by atoms with E-state index < -0.39 is 5.69 Å². The molecule has 100 valence electrons. The van der Waals surface area contributed by atoms with E-state index >= 15 is 0 Å². The Morgan fingerprint density at radius 2 is 2.06 bits per heavy atom. The standard InChI is InChI=1S/C11H19N5O2/c1-4-5-16(8-6-12-7-8)9-10(17)14(2)11(18)15(3)13-9/h8,12H,4-7H2,1-3H3. The Balaban J connectivity index is 2.47. The van der Waals surface area contributed by atoms with E-state index in [1.807, 2.05) is 4.90 Å². The average molecular weight is 253 g/mol. The second-order valence-corrected chi connectivity index (χ2v) is 4.60. The first-order valence-corrected chi connectivity index (χ1v) is 6.18. The lowest BCUT2D eigenvalue weighted by Gasteiger charge is -2.38. The second kappa shape index (κ2) is 4.93. The molecular weight excluding hydrogens is 234 g/mol. The summed E-state index contributed by atoms with van der Waals surface area (Å²) in [6, 6.07) is 0.294. The fourth-order valence-corrected chi connectivity index (χ4v) is 2.06. The van der Waals surface area contributed by atoms with E-state index in [0.29, 0.717) is 11.9 Å². The van der Waals surface area contributed by atoms with Gasteiger partial charge in [-0.25, -0.2) is 9.48 Å². The molecule has 0 aliphatic carbocycles. The summed E-state index contributed by atoms with van der Waals surface area (Å²) >= 11 is 0. The smallest absolute Gasteiger partial charge is 0.345 e. The summed E-state index contributed by atoms with van der Waals surface area (Å²) in [6.07, 6.45) is 0.935. The predicted molar refractivity (Wildman–Crippen MR) is 69.0 cm³/mol. The highest BCUT2D eigenvalue weighted by Crippen LogP contribution is 2.11. The van der Waals surface area contributed by atoms with Crippen LogP contribution in [-0.2, 0) is 14.1 Å². The Labute approximate surface area is 105 Å². The largest absolute Gasteiger partial charge is 0.346 e. The molecule has 0 aromatic carbocycles. The molecule has 1 aliphatic rings. The molecule has 1 N–H and O–H groups in total. The summed E-state index contributed by atoms with van der Waals surface area (Å²) in [7, 11) is 3.05. The van der Waals surface area contributed by atoms with Crippen molar-refractivity contribution in [3.05, 3.63) is 20.8 Å². The molecule has 1 aliphatic heterocycles. The summed E-state index contributed by atoms with van der Waals surface area (Å²) in [5.74, 6) is 0.368. The van der Waals surface area contributed by atoms with Gasteiger partial charge >= 0.3 is 5.69 Å². The highest BCUT2D eigenvalue weighted by molar-refractivity contribution is 5.37. The first-order chi connectivity index (χ1) is 8.56. The molecule has 7 nitrogen and oxygen atoms in total. The van der Waals surface area contributed by atoms with Crippen LogP contribution in [0.15, 0.2) is 9.59 Å². The molecular formula is C11H19N5O2. The topological polar surface area (TPSA) is 72.2 Å². The second-order valence-electron chi connectivity index (χ2n) is 4.60. The van der Waals surface area contributed by atoms with Crippen LogP contribution in [0.25, 0.3) is 0 Å². The molecule has 18 heavy (non-hydrogen) atoms. The quantitative estimate of drug-likeness (QED) is 0.719. The van der Waals surface area contributed by atoms with Crippen molar-refractivity contribution in [1.29, 1.82) is 0 Å². The number of rotatable bonds is 4. The van der Waals surface area contributed by atoms with Crippen LogP contribution in [0.1, 0.15) is 13.3 Å². The normalized spacial score (nSPS) is 15.5. The fraction of sp³-hybridized carbons (Fsp3) is 0.727. The van der Waals surface area contributed by atoms with Gasteiger partial charge in [0.15, 0.2) is 0 Å². The zero-order valence-electron chi connectivity index (χ0n) is 11.0. The zero-order chi connectivity index (χ0) is 13.3. The lowest BCUT2D eigenvalue weighted by molar-refractivity contribution is 0.404. The van der Waals surface area contributed by atoms with E-state index in [2.05, 4.69) is 17.3 Å². The average Bonchev–Trinajstić information content (AvgIpc) is 2.28. The molecule has 7 heteroatoms. The number of anilines is 1. The lowest BCUT2D eigenvalue weighted by atomic mass is 10.1. The molecule has 1 fully saturated rings. The monoisotopic (exact) mass is 253 g/mol. The van der Waals surface area contributed by atoms with Crippen molar-refractivity contribution < 1.29 is 0 Å². The van der Waals surface area contributed by atoms with E-state index in [4.69, 9.17) is 0 Å². The molecule has 0 spiro atoms. The number of aryl methyl sites for hydroxylation is 1. The van der Waals surface area contributed by atoms with Crippen LogP contribution in [-0.4, -0.2) is 40.0 Å². The zero-order valence-corrected chi connectivity index (χ0v) is 11.0. The maximum absolute atomic E-state index is 12.1. The molecule has 0 saturated carbocycles. The Hall–Kier alpha value is -1.63. The van der Waals surface area contributed by atoms with Crippen LogP contribution in [0.5, 0.6) is 0 Å². The van der Waals surface area contributed by atoms with Crippen molar-refractivity contribution in [2.75, 3.05) is 24.5 Å². The SMILES string of the molecule is CCCN(c1nn(C)c(=O)n(C)c1=O)C1CNC1. The summed E-state index contributed by atoms with van der Waals surface area (Å²) in [4.78, 5) is 25.7. The van der Waals surface area contributed by atoms with E-state index in [1.54, 1.807) is 7.05 Å². The number of hydrogen-bond acceptors (Lipinski definition) is 5. The highest BCUT2D eigenvalue weighted by atomic mass is 16.2. The highest BCUT2D eigenvalue weighted by Gasteiger charge is 2.27. The maximum atomic E-state index is 12.1. The lowest BCUT2D eigenvalue weighted by Crippen LogP contribution is -2.59. The van der Waals surface area contributed by atoms with E-state index in [9.17, 15) is 9.59 Å². The van der Waals surface area contributed by atoms with Gasteiger partial charge in [0.2, 0.25) is 5.82 Å². The third-order valence-corrected chi connectivity index (χ3v) is 3.24. The van der Waals surface area contributed by atoms with Crippen molar-refractivity contribution in [1.82, 2.24) is 19.7 Å². The summed E-state index contributed by atoms with van der Waals surface area (Å²) in [5.41, 5.74) is -0.717. The first-order valence-electron chi connectivity index (χ1n) is 6.18. The molecule has 0 radical (unpaired) electrons. The molecule has 0 unspecified atom stereocenters. The van der Waals surface area contributed by atoms with E-state index in [1.165, 1.54) is 11.7 Å². The van der Waals surface area contributed by atoms with Crippen LogP contribution in [0.3, 0.4) is 0 Å². The Morgan fingerprint density at radius 1 is 1.39 bits per heavy atom. The summed E-state index contributed by atoms with van der Waals surface area (Å²) < 4.78 is 2.32. The molecule has 1 saturated heterocycles. The van der Waals surface area contributed by atoms with Crippen molar-refractivity contribution >= 4 is 5.82 Å². The third-order valence-electron chi connectivity index (χ3n) is 3.24. The van der Waals surface area contributed by atoms with Gasteiger partial charge in [-0.05, 0) is 6.42 Å². The van der Waals surface area contributed by atoms with Crippen molar-refractivity contribution in [3.63, 3.8) is 0 Å². The summed E-state index contributed by atoms with van der Waals surface area (Å²) in [5, 5.41) is 7.31. The maximum Gasteiger partial charge on any atom is 0.346 e. The molecule has 2 heterocycles. The molecule has 2 rings (SSSR count). The van der Waals surface area contributed by atoms with Crippen LogP contribution >= 0.6 is 0 Å². The minimum Gasteiger partial charge on any atom is -0.345 e. The van der Waals surface area contributed by atoms with Gasteiger partial charge in [0.05, 0.1) is 6.04 Å². The van der Waals surface area contributed by atoms with Gasteiger partial charge in [-0.3, -0.25) is 9.36 Å². The summed E-state index contributed by atoms with van der Waals surface area (Å²) in [6.45, 7) is 4.54. The third kappa shape index (κ3) is 2.05. The van der Waals surface area contributed by atoms with Gasteiger partial charge in [-0.15, -0.1) is 5.10 Å². The van der Waals surface area contributed by atoms with Crippen molar-refractivity contribution in [2.24, 2.45) is 14.1 Å². The molecule has 0 atom stereocenters. The van der Waals surface area contributed by atoms with Crippen LogP contribution in [0, 0.1) is 0 Å². The van der Waals surface area contributed by atoms with Crippen LogP contribution < -0.4 is 21.5 Å². The number of nitrogens with zero attached hydrogens (tertiary/aromatic N) is 4. The van der Waals surface area contributed by atoms with Crippen molar-refractivity contribution in [2.45, 2.75) is 19.4 Å². The fourth-order valence-electron chi connectivity index (χ4n) is 2.06. The van der Waals surface area contributed by atoms with Gasteiger partial charge in [-0.1, -0.05) is 6.92 Å². The van der Waals surface area contributed by atoms with E-state index in [0.717, 1.165) is 30.6 Å². The minimum absolute atomic E-state index is 0.294. The van der Waals surface area contributed by atoms with Gasteiger partial charge < -0.3 is 10.2 Å². The van der Waals surface area contributed by atoms with Crippen molar-refractivity contribution in [3.8, 4) is 0 Å². The van der Waals surface area contributed by atoms with Gasteiger partial charge in [0.25, 0.3) is 5.56 Å². The molecule has 1 aromatic heterocycles. The molecule has 0 bridgehead atoms.